The number of nitrogens with one attached hydrogen (secondary N) is 2. The van der Waals surface area contributed by atoms with Gasteiger partial charge in [0.2, 0.25) is 11.8 Å². The molecule has 2 aromatic rings. The number of nitrogens with two attached hydrogens (primary N) is 1. The fraction of sp³-hybridized carbons (Fsp3) is 0.250. The van der Waals surface area contributed by atoms with Crippen molar-refractivity contribution in [1.29, 1.82) is 0 Å². The van der Waals surface area contributed by atoms with E-state index in [1.807, 2.05) is 30.3 Å². The van der Waals surface area contributed by atoms with Crippen LogP contribution in [-0.2, 0) is 27.4 Å². The van der Waals surface area contributed by atoms with Gasteiger partial charge in [-0.2, -0.15) is 0 Å². The lowest BCUT2D eigenvalue weighted by atomic mass is 10.1. The molecule has 0 aliphatic rings. The van der Waals surface area contributed by atoms with Crippen LogP contribution in [0.2, 0.25) is 0 Å². The predicted octanol–water partition coefficient (Wildman–Crippen LogP) is 1.13. The average molecular weight is 385 g/mol. The molecule has 0 heterocycles. The van der Waals surface area contributed by atoms with Crippen LogP contribution in [-0.4, -0.2) is 37.6 Å². The Morgan fingerprint density at radius 1 is 1.04 bits per heavy atom. The number of alkyl carbamates (subject to hydrolysis) is 1. The normalized spacial score (nSPS) is 11.2. The lowest BCUT2D eigenvalue weighted by Gasteiger charge is -2.16. The average Bonchev–Trinajstić information content (AvgIpc) is 2.71. The number of carbonyl (C=O) groups excluding carboxylic acids is 3. The summed E-state index contributed by atoms with van der Waals surface area (Å²) in [6, 6.07) is 15.3. The summed E-state index contributed by atoms with van der Waals surface area (Å²) in [5.41, 5.74) is 6.98. The van der Waals surface area contributed by atoms with E-state index in [1.165, 1.54) is 7.11 Å². The van der Waals surface area contributed by atoms with Crippen molar-refractivity contribution >= 4 is 17.9 Å². The number of hydrogen-bond acceptors (Lipinski definition) is 5. The van der Waals surface area contributed by atoms with Crippen molar-refractivity contribution in [2.45, 2.75) is 19.1 Å². The molecular formula is C20H23N3O5. The highest BCUT2D eigenvalue weighted by Gasteiger charge is 2.19. The molecule has 0 aliphatic heterocycles. The van der Waals surface area contributed by atoms with Gasteiger partial charge in [-0.25, -0.2) is 4.79 Å². The molecule has 1 atom stereocenters. The summed E-state index contributed by atoms with van der Waals surface area (Å²) in [4.78, 5) is 35.4. The first-order valence-corrected chi connectivity index (χ1v) is 8.64. The second-order valence-electron chi connectivity index (χ2n) is 5.99. The van der Waals surface area contributed by atoms with Gasteiger partial charge in [0, 0.05) is 6.42 Å². The van der Waals surface area contributed by atoms with Gasteiger partial charge in [0.15, 0.2) is 0 Å². The van der Waals surface area contributed by atoms with Crippen LogP contribution >= 0.6 is 0 Å². The molecule has 0 bridgehead atoms. The summed E-state index contributed by atoms with van der Waals surface area (Å²) < 4.78 is 10.1. The van der Waals surface area contributed by atoms with E-state index in [0.29, 0.717) is 5.75 Å². The van der Waals surface area contributed by atoms with Gasteiger partial charge < -0.3 is 25.8 Å². The van der Waals surface area contributed by atoms with Gasteiger partial charge >= 0.3 is 6.09 Å². The number of ether oxygens (including phenoxy) is 2. The lowest BCUT2D eigenvalue weighted by molar-refractivity contribution is -0.126. The molecule has 3 amide bonds. The molecule has 8 nitrogen and oxygen atoms in total. The Labute approximate surface area is 163 Å². The zero-order chi connectivity index (χ0) is 20.4. The highest BCUT2D eigenvalue weighted by molar-refractivity contribution is 5.88. The zero-order valence-corrected chi connectivity index (χ0v) is 15.5. The molecule has 0 spiro atoms. The van der Waals surface area contributed by atoms with Gasteiger partial charge in [-0.05, 0) is 23.3 Å². The molecule has 8 heteroatoms. The minimum absolute atomic E-state index is 0.0913. The van der Waals surface area contributed by atoms with Crippen LogP contribution in [0.4, 0.5) is 4.79 Å². The Kier molecular flexibility index (Phi) is 7.83. The molecule has 2 aromatic carbocycles. The van der Waals surface area contributed by atoms with Crippen molar-refractivity contribution < 1.29 is 23.9 Å². The van der Waals surface area contributed by atoms with Crippen LogP contribution < -0.4 is 21.1 Å². The van der Waals surface area contributed by atoms with E-state index in [0.717, 1.165) is 11.1 Å². The Balaban J connectivity index is 1.79. The highest BCUT2D eigenvalue weighted by atomic mass is 16.5. The van der Waals surface area contributed by atoms with Gasteiger partial charge in [0.1, 0.15) is 24.9 Å². The maximum atomic E-state index is 12.0. The molecule has 148 valence electrons. The molecule has 0 radical (unpaired) electrons. The standard InChI is InChI=1S/C20H23N3O5/c1-27-16-9-5-8-15(10-16)11-17(19(21)25)23-18(24)12-22-20(26)28-13-14-6-3-2-4-7-14/h2-10,17H,11-13H2,1H3,(H2,21,25)(H,22,26)(H,23,24)/t17-/m1/s1. The van der Waals surface area contributed by atoms with Crippen molar-refractivity contribution in [3.63, 3.8) is 0 Å². The number of rotatable bonds is 9. The van der Waals surface area contributed by atoms with Crippen LogP contribution in [0, 0.1) is 0 Å². The maximum absolute atomic E-state index is 12.0. The second-order valence-corrected chi connectivity index (χ2v) is 5.99. The summed E-state index contributed by atoms with van der Waals surface area (Å²) >= 11 is 0. The molecule has 0 aliphatic carbocycles. The van der Waals surface area contributed by atoms with E-state index < -0.39 is 23.9 Å². The molecule has 28 heavy (non-hydrogen) atoms. The van der Waals surface area contributed by atoms with E-state index in [4.69, 9.17) is 15.2 Å². The summed E-state index contributed by atoms with van der Waals surface area (Å²) in [7, 11) is 1.54. The first-order chi connectivity index (χ1) is 13.5. The van der Waals surface area contributed by atoms with Gasteiger partial charge in [-0.15, -0.1) is 0 Å². The predicted molar refractivity (Wildman–Crippen MR) is 102 cm³/mol. The topological polar surface area (TPSA) is 120 Å². The molecule has 0 unspecified atom stereocenters. The van der Waals surface area contributed by atoms with Crippen molar-refractivity contribution in [2.75, 3.05) is 13.7 Å². The maximum Gasteiger partial charge on any atom is 0.407 e. The number of carbonyl (C=O) groups is 3. The van der Waals surface area contributed by atoms with Gasteiger partial charge in [-0.3, -0.25) is 9.59 Å². The Morgan fingerprint density at radius 2 is 1.75 bits per heavy atom. The number of methoxy groups -OCH3 is 1. The highest BCUT2D eigenvalue weighted by Crippen LogP contribution is 2.14. The molecule has 4 N–H and O–H groups in total. The third-order valence-corrected chi connectivity index (χ3v) is 3.86. The lowest BCUT2D eigenvalue weighted by Crippen LogP contribution is -2.49. The van der Waals surface area contributed by atoms with E-state index in [2.05, 4.69) is 10.6 Å². The SMILES string of the molecule is COc1cccc(C[C@@H](NC(=O)CNC(=O)OCc2ccccc2)C(N)=O)c1. The van der Waals surface area contributed by atoms with E-state index >= 15 is 0 Å². The largest absolute Gasteiger partial charge is 0.497 e. The molecular weight excluding hydrogens is 362 g/mol. The van der Waals surface area contributed by atoms with Crippen molar-refractivity contribution in [2.24, 2.45) is 5.73 Å². The summed E-state index contributed by atoms with van der Waals surface area (Å²) in [6.07, 6.45) is -0.529. The molecule has 0 aromatic heterocycles. The first-order valence-electron chi connectivity index (χ1n) is 8.64. The Bertz CT molecular complexity index is 810. The van der Waals surface area contributed by atoms with Crippen molar-refractivity contribution in [3.8, 4) is 5.75 Å². The first kappa shape index (κ1) is 20.8. The quantitative estimate of drug-likeness (QED) is 0.598. The number of hydrogen-bond donors (Lipinski definition) is 3. The monoisotopic (exact) mass is 385 g/mol. The number of amides is 3. The summed E-state index contributed by atoms with van der Waals surface area (Å²) in [6.45, 7) is -0.246. The summed E-state index contributed by atoms with van der Waals surface area (Å²) in [5.74, 6) is -0.596. The minimum atomic E-state index is -0.915. The van der Waals surface area contributed by atoms with Gasteiger partial charge in [-0.1, -0.05) is 42.5 Å². The molecule has 0 saturated carbocycles. The van der Waals surface area contributed by atoms with E-state index in [1.54, 1.807) is 24.3 Å². The fourth-order valence-electron chi connectivity index (χ4n) is 2.43. The van der Waals surface area contributed by atoms with Crippen LogP contribution in [0.15, 0.2) is 54.6 Å². The van der Waals surface area contributed by atoms with Crippen LogP contribution in [0.5, 0.6) is 5.75 Å². The van der Waals surface area contributed by atoms with Crippen LogP contribution in [0.3, 0.4) is 0 Å². The molecule has 0 saturated heterocycles. The van der Waals surface area contributed by atoms with E-state index in [9.17, 15) is 14.4 Å². The summed E-state index contributed by atoms with van der Waals surface area (Å²) in [5, 5.41) is 4.84. The van der Waals surface area contributed by atoms with Crippen LogP contribution in [0.1, 0.15) is 11.1 Å². The third-order valence-electron chi connectivity index (χ3n) is 3.86. The second kappa shape index (κ2) is 10.6. The molecule has 0 fully saturated rings. The van der Waals surface area contributed by atoms with Gasteiger partial charge in [0.25, 0.3) is 0 Å². The Morgan fingerprint density at radius 3 is 2.43 bits per heavy atom. The fourth-order valence-corrected chi connectivity index (χ4v) is 2.43. The Hall–Kier alpha value is -3.55. The minimum Gasteiger partial charge on any atom is -0.497 e. The number of benzene rings is 2. The van der Waals surface area contributed by atoms with E-state index in [-0.39, 0.29) is 19.6 Å². The third kappa shape index (κ3) is 6.99. The molecule has 2 rings (SSSR count). The zero-order valence-electron chi connectivity index (χ0n) is 15.5. The smallest absolute Gasteiger partial charge is 0.407 e. The van der Waals surface area contributed by atoms with Gasteiger partial charge in [0.05, 0.1) is 7.11 Å². The van der Waals surface area contributed by atoms with Crippen LogP contribution in [0.25, 0.3) is 0 Å². The van der Waals surface area contributed by atoms with Crippen molar-refractivity contribution in [3.05, 3.63) is 65.7 Å². The van der Waals surface area contributed by atoms with Crippen molar-refractivity contribution in [1.82, 2.24) is 10.6 Å². The number of primary amides is 1.